The quantitative estimate of drug-likeness (QED) is 0.521. The van der Waals surface area contributed by atoms with Crippen molar-refractivity contribution in [3.05, 3.63) is 24.3 Å². The average molecular weight is 302 g/mol. The minimum atomic E-state index is -1.16. The topological polar surface area (TPSA) is 127 Å². The number of aliphatic carboxylic acids is 2. The van der Waals surface area contributed by atoms with Crippen LogP contribution in [0.5, 0.6) is 0 Å². The lowest BCUT2D eigenvalue weighted by Gasteiger charge is -1.95. The van der Waals surface area contributed by atoms with Crippen LogP contribution in [-0.2, 0) is 28.7 Å². The molecular formula is C13H18O8. The largest absolute Gasteiger partial charge is 0.478 e. The van der Waals surface area contributed by atoms with Crippen molar-refractivity contribution in [2.75, 3.05) is 13.2 Å². The molecule has 0 heterocycles. The van der Waals surface area contributed by atoms with E-state index in [2.05, 4.69) is 9.47 Å². The van der Waals surface area contributed by atoms with Gasteiger partial charge in [-0.05, 0) is 13.3 Å². The molecule has 0 rings (SSSR count). The average Bonchev–Trinajstić information content (AvgIpc) is 2.41. The van der Waals surface area contributed by atoms with Crippen molar-refractivity contribution in [3.8, 4) is 0 Å². The first-order valence-corrected chi connectivity index (χ1v) is 5.98. The van der Waals surface area contributed by atoms with Crippen molar-refractivity contribution < 1.29 is 38.9 Å². The summed E-state index contributed by atoms with van der Waals surface area (Å²) in [6.07, 6.45) is 3.96. The van der Waals surface area contributed by atoms with Gasteiger partial charge in [0.15, 0.2) is 0 Å². The Labute approximate surface area is 121 Å². The molecule has 21 heavy (non-hydrogen) atoms. The summed E-state index contributed by atoms with van der Waals surface area (Å²) in [6, 6.07) is 0. The SMILES string of the molecule is CCCOC(=O)C=CC(=O)O.CCOC(=O)C=CC(=O)O. The third kappa shape index (κ3) is 19.9. The second kappa shape index (κ2) is 13.8. The van der Waals surface area contributed by atoms with Crippen molar-refractivity contribution in [1.82, 2.24) is 0 Å². The van der Waals surface area contributed by atoms with E-state index in [-0.39, 0.29) is 6.61 Å². The van der Waals surface area contributed by atoms with Crippen molar-refractivity contribution >= 4 is 23.9 Å². The van der Waals surface area contributed by atoms with Gasteiger partial charge in [0.25, 0.3) is 0 Å². The maximum absolute atomic E-state index is 10.5. The van der Waals surface area contributed by atoms with Crippen molar-refractivity contribution in [3.63, 3.8) is 0 Å². The minimum absolute atomic E-state index is 0.253. The number of rotatable bonds is 7. The number of hydrogen-bond acceptors (Lipinski definition) is 6. The Morgan fingerprint density at radius 3 is 1.57 bits per heavy atom. The molecule has 0 bridgehead atoms. The van der Waals surface area contributed by atoms with E-state index in [9.17, 15) is 19.2 Å². The Kier molecular flexibility index (Phi) is 13.6. The highest BCUT2D eigenvalue weighted by molar-refractivity contribution is 5.91. The molecule has 0 aliphatic heterocycles. The Balaban J connectivity index is 0. The molecule has 0 amide bonds. The van der Waals surface area contributed by atoms with Gasteiger partial charge in [0.2, 0.25) is 0 Å². The van der Waals surface area contributed by atoms with Crippen LogP contribution in [0.4, 0.5) is 0 Å². The van der Waals surface area contributed by atoms with Crippen molar-refractivity contribution in [2.24, 2.45) is 0 Å². The molecule has 0 unspecified atom stereocenters. The lowest BCUT2D eigenvalue weighted by atomic mass is 10.5. The smallest absolute Gasteiger partial charge is 0.331 e. The van der Waals surface area contributed by atoms with E-state index in [1.54, 1.807) is 6.92 Å². The highest BCUT2D eigenvalue weighted by Crippen LogP contribution is 1.84. The molecule has 0 spiro atoms. The van der Waals surface area contributed by atoms with Gasteiger partial charge in [-0.2, -0.15) is 0 Å². The first-order valence-electron chi connectivity index (χ1n) is 5.98. The highest BCUT2D eigenvalue weighted by atomic mass is 16.5. The van der Waals surface area contributed by atoms with Gasteiger partial charge in [0, 0.05) is 24.3 Å². The van der Waals surface area contributed by atoms with Gasteiger partial charge >= 0.3 is 23.9 Å². The zero-order chi connectivity index (χ0) is 16.7. The number of carboxylic acid groups (broad SMARTS) is 2. The molecule has 0 saturated heterocycles. The molecule has 0 aromatic rings. The zero-order valence-corrected chi connectivity index (χ0v) is 11.8. The summed E-state index contributed by atoms with van der Waals surface area (Å²) in [4.78, 5) is 40.6. The Hall–Kier alpha value is -2.64. The molecule has 0 atom stereocenters. The second-order valence-electron chi connectivity index (χ2n) is 3.26. The molecule has 2 N–H and O–H groups in total. The molecule has 0 aromatic carbocycles. The fourth-order valence-corrected chi connectivity index (χ4v) is 0.720. The summed E-state index contributed by atoms with van der Waals surface area (Å²) in [7, 11) is 0. The number of carbonyl (C=O) groups is 4. The summed E-state index contributed by atoms with van der Waals surface area (Å²) >= 11 is 0. The van der Waals surface area contributed by atoms with Crippen LogP contribution in [-0.4, -0.2) is 47.3 Å². The van der Waals surface area contributed by atoms with Gasteiger partial charge in [0.1, 0.15) is 0 Å². The summed E-state index contributed by atoms with van der Waals surface area (Å²) in [5.74, 6) is -3.56. The van der Waals surface area contributed by atoms with Crippen LogP contribution in [0.2, 0.25) is 0 Å². The maximum atomic E-state index is 10.5. The predicted octanol–water partition coefficient (Wildman–Crippen LogP) is 0.771. The van der Waals surface area contributed by atoms with E-state index in [0.717, 1.165) is 30.7 Å². The lowest BCUT2D eigenvalue weighted by Crippen LogP contribution is -2.02. The van der Waals surface area contributed by atoms with Crippen LogP contribution in [0, 0.1) is 0 Å². The van der Waals surface area contributed by atoms with E-state index >= 15 is 0 Å². The summed E-state index contributed by atoms with van der Waals surface area (Å²) in [5.41, 5.74) is 0. The van der Waals surface area contributed by atoms with E-state index < -0.39 is 23.9 Å². The third-order valence-corrected chi connectivity index (χ3v) is 1.46. The molecule has 118 valence electrons. The van der Waals surface area contributed by atoms with E-state index in [1.807, 2.05) is 6.92 Å². The number of hydrogen-bond donors (Lipinski definition) is 2. The van der Waals surface area contributed by atoms with Gasteiger partial charge in [0.05, 0.1) is 13.2 Å². The summed E-state index contributed by atoms with van der Waals surface area (Å²) in [5, 5.41) is 16.1. The number of esters is 2. The van der Waals surface area contributed by atoms with Crippen molar-refractivity contribution in [2.45, 2.75) is 20.3 Å². The standard InChI is InChI=1S/C7H10O4.C6H8O4/c1-2-5-11-7(10)4-3-6(8)9;1-2-10-6(9)4-3-5(7)8/h3-4H,2,5H2,1H3,(H,8,9);3-4H,2H2,1H3,(H,7,8). The zero-order valence-electron chi connectivity index (χ0n) is 11.8. The Morgan fingerprint density at radius 1 is 0.810 bits per heavy atom. The molecular weight excluding hydrogens is 284 g/mol. The predicted molar refractivity (Wildman–Crippen MR) is 71.4 cm³/mol. The molecule has 8 nitrogen and oxygen atoms in total. The highest BCUT2D eigenvalue weighted by Gasteiger charge is 1.95. The molecule has 0 saturated carbocycles. The van der Waals surface area contributed by atoms with Gasteiger partial charge < -0.3 is 19.7 Å². The molecule has 0 fully saturated rings. The third-order valence-electron chi connectivity index (χ3n) is 1.46. The molecule has 0 radical (unpaired) electrons. The second-order valence-corrected chi connectivity index (χ2v) is 3.26. The monoisotopic (exact) mass is 302 g/mol. The van der Waals surface area contributed by atoms with Crippen LogP contribution < -0.4 is 0 Å². The lowest BCUT2D eigenvalue weighted by molar-refractivity contribution is -0.139. The number of ether oxygens (including phenoxy) is 2. The number of carboxylic acids is 2. The first-order chi connectivity index (χ1) is 9.83. The maximum Gasteiger partial charge on any atom is 0.331 e. The molecule has 0 aromatic heterocycles. The van der Waals surface area contributed by atoms with Gasteiger partial charge in [-0.25, -0.2) is 19.2 Å². The van der Waals surface area contributed by atoms with Crippen molar-refractivity contribution in [1.29, 1.82) is 0 Å². The van der Waals surface area contributed by atoms with Crippen LogP contribution in [0.3, 0.4) is 0 Å². The van der Waals surface area contributed by atoms with Gasteiger partial charge in [-0.1, -0.05) is 6.92 Å². The van der Waals surface area contributed by atoms with Gasteiger partial charge in [-0.15, -0.1) is 0 Å². The first kappa shape index (κ1) is 20.7. The Bertz CT molecular complexity index is 408. The fourth-order valence-electron chi connectivity index (χ4n) is 0.720. The van der Waals surface area contributed by atoms with Crippen LogP contribution in [0.1, 0.15) is 20.3 Å². The minimum Gasteiger partial charge on any atom is -0.478 e. The number of carbonyl (C=O) groups excluding carboxylic acids is 2. The van der Waals surface area contributed by atoms with E-state index in [0.29, 0.717) is 6.61 Å². The fraction of sp³-hybridized carbons (Fsp3) is 0.385. The molecule has 8 heteroatoms. The normalized spacial score (nSPS) is 9.81. The van der Waals surface area contributed by atoms with Crippen LogP contribution >= 0.6 is 0 Å². The summed E-state index contributed by atoms with van der Waals surface area (Å²) < 4.78 is 8.96. The molecule has 0 aliphatic rings. The molecule has 0 aliphatic carbocycles. The van der Waals surface area contributed by atoms with Crippen LogP contribution in [0.25, 0.3) is 0 Å². The Morgan fingerprint density at radius 2 is 1.24 bits per heavy atom. The van der Waals surface area contributed by atoms with E-state index in [1.165, 1.54) is 0 Å². The summed E-state index contributed by atoms with van der Waals surface area (Å²) in [6.45, 7) is 4.08. The van der Waals surface area contributed by atoms with E-state index in [4.69, 9.17) is 10.2 Å². The van der Waals surface area contributed by atoms with Gasteiger partial charge in [-0.3, -0.25) is 0 Å². The van der Waals surface area contributed by atoms with Crippen LogP contribution in [0.15, 0.2) is 24.3 Å².